The molecule has 3 aromatic rings. The maximum atomic E-state index is 12.7. The summed E-state index contributed by atoms with van der Waals surface area (Å²) < 4.78 is 72.1. The lowest BCUT2D eigenvalue weighted by atomic mass is 10.1. The Labute approximate surface area is 246 Å². The van der Waals surface area contributed by atoms with Gasteiger partial charge >= 0.3 is 6.36 Å². The largest absolute Gasteiger partial charge is 0.573 e. The van der Waals surface area contributed by atoms with E-state index < -0.39 is 22.1 Å². The van der Waals surface area contributed by atoms with Gasteiger partial charge in [0, 0.05) is 36.8 Å². The molecule has 0 bridgehead atoms. The van der Waals surface area contributed by atoms with Crippen LogP contribution in [0.5, 0.6) is 5.75 Å². The number of ether oxygens (including phenoxy) is 2. The van der Waals surface area contributed by atoms with Crippen molar-refractivity contribution in [3.8, 4) is 17.0 Å². The number of hydrogen-bond donors (Lipinski definition) is 2. The van der Waals surface area contributed by atoms with Gasteiger partial charge < -0.3 is 25.0 Å². The summed E-state index contributed by atoms with van der Waals surface area (Å²) in [5.41, 5.74) is 1.72. The van der Waals surface area contributed by atoms with E-state index in [0.717, 1.165) is 0 Å². The van der Waals surface area contributed by atoms with Crippen LogP contribution in [0.1, 0.15) is 5.56 Å². The third-order valence-corrected chi connectivity index (χ3v) is 8.18. The topological polar surface area (TPSA) is 110 Å². The van der Waals surface area contributed by atoms with Crippen LogP contribution in [0.4, 0.5) is 19.0 Å². The highest BCUT2D eigenvalue weighted by Gasteiger charge is 2.31. The SMILES string of the molecule is C=C(NCCS(=O)(=O)c1ccc(Cl)cc1)C(=O)NCc1cc(-c2ccc(OC(F)(F)F)cc2)nc(N2CCOCC2)c1. The molecule has 2 aromatic carbocycles. The monoisotopic (exact) mass is 624 g/mol. The molecule has 224 valence electrons. The van der Waals surface area contributed by atoms with E-state index in [1.54, 1.807) is 6.07 Å². The molecule has 1 aromatic heterocycles. The van der Waals surface area contributed by atoms with Crippen LogP contribution in [0, 0.1) is 0 Å². The van der Waals surface area contributed by atoms with Gasteiger partial charge in [0.15, 0.2) is 9.84 Å². The first-order chi connectivity index (χ1) is 19.9. The highest BCUT2D eigenvalue weighted by atomic mass is 35.5. The van der Waals surface area contributed by atoms with E-state index in [2.05, 4.69) is 26.9 Å². The Kier molecular flexibility index (Phi) is 9.97. The zero-order valence-corrected chi connectivity index (χ0v) is 23.9. The van der Waals surface area contributed by atoms with E-state index in [-0.39, 0.29) is 35.2 Å². The zero-order chi connectivity index (χ0) is 30.3. The average molecular weight is 625 g/mol. The second kappa shape index (κ2) is 13.4. The van der Waals surface area contributed by atoms with Crippen LogP contribution in [-0.2, 0) is 25.9 Å². The number of morpholine rings is 1. The molecule has 2 N–H and O–H groups in total. The van der Waals surface area contributed by atoms with Gasteiger partial charge in [0.1, 0.15) is 11.6 Å². The fourth-order valence-electron chi connectivity index (χ4n) is 4.07. The molecule has 9 nitrogen and oxygen atoms in total. The fourth-order valence-corrected chi connectivity index (χ4v) is 5.35. The molecular formula is C28H28ClF3N4O5S. The van der Waals surface area contributed by atoms with Gasteiger partial charge in [-0.15, -0.1) is 13.2 Å². The number of hydrogen-bond acceptors (Lipinski definition) is 8. The van der Waals surface area contributed by atoms with Crippen LogP contribution in [-0.4, -0.2) is 64.3 Å². The van der Waals surface area contributed by atoms with Gasteiger partial charge in [-0.05, 0) is 66.2 Å². The molecule has 14 heteroatoms. The number of nitrogens with one attached hydrogen (secondary N) is 2. The zero-order valence-electron chi connectivity index (χ0n) is 22.3. The van der Waals surface area contributed by atoms with Crippen molar-refractivity contribution in [2.24, 2.45) is 0 Å². The van der Waals surface area contributed by atoms with Crippen LogP contribution in [0.25, 0.3) is 11.3 Å². The van der Waals surface area contributed by atoms with Crippen LogP contribution in [0.3, 0.4) is 0 Å². The third-order valence-electron chi connectivity index (χ3n) is 6.20. The van der Waals surface area contributed by atoms with E-state index in [4.69, 9.17) is 16.3 Å². The first kappa shape index (κ1) is 31.1. The molecule has 2 heterocycles. The summed E-state index contributed by atoms with van der Waals surface area (Å²) in [6.45, 7) is 5.97. The van der Waals surface area contributed by atoms with Gasteiger partial charge in [-0.25, -0.2) is 13.4 Å². The third kappa shape index (κ3) is 8.84. The highest BCUT2D eigenvalue weighted by molar-refractivity contribution is 7.91. The Morgan fingerprint density at radius 1 is 1.05 bits per heavy atom. The van der Waals surface area contributed by atoms with Crippen molar-refractivity contribution >= 4 is 33.2 Å². The molecule has 0 atom stereocenters. The number of aromatic nitrogens is 1. The summed E-state index contributed by atoms with van der Waals surface area (Å²) in [6.07, 6.45) is -4.80. The predicted octanol–water partition coefficient (Wildman–Crippen LogP) is 4.33. The minimum atomic E-state index is -4.80. The number of benzene rings is 2. The van der Waals surface area contributed by atoms with Crippen LogP contribution in [0.2, 0.25) is 5.02 Å². The second-order valence-electron chi connectivity index (χ2n) is 9.25. The van der Waals surface area contributed by atoms with Gasteiger partial charge in [0.25, 0.3) is 5.91 Å². The Morgan fingerprint density at radius 2 is 1.71 bits per heavy atom. The summed E-state index contributed by atoms with van der Waals surface area (Å²) in [4.78, 5) is 19.5. The number of rotatable bonds is 11. The van der Waals surface area contributed by atoms with Gasteiger partial charge in [0.05, 0.1) is 35.3 Å². The van der Waals surface area contributed by atoms with E-state index >= 15 is 0 Å². The quantitative estimate of drug-likeness (QED) is 0.304. The molecule has 4 rings (SSSR count). The molecule has 42 heavy (non-hydrogen) atoms. The molecule has 1 amide bonds. The number of alkyl halides is 3. The number of carbonyl (C=O) groups excluding carboxylic acids is 1. The summed E-state index contributed by atoms with van der Waals surface area (Å²) in [5.74, 6) is -0.515. The molecule has 0 saturated carbocycles. The van der Waals surface area contributed by atoms with Gasteiger partial charge in [0.2, 0.25) is 0 Å². The molecular weight excluding hydrogens is 597 g/mol. The Balaban J connectivity index is 1.41. The normalized spacial score (nSPS) is 13.9. The molecule has 1 fully saturated rings. The van der Waals surface area contributed by atoms with Crippen molar-refractivity contribution in [1.82, 2.24) is 15.6 Å². The van der Waals surface area contributed by atoms with Crippen molar-refractivity contribution in [2.75, 3.05) is 43.5 Å². The number of nitrogens with zero attached hydrogens (tertiary/aromatic N) is 2. The van der Waals surface area contributed by atoms with E-state index in [1.807, 2.05) is 11.0 Å². The van der Waals surface area contributed by atoms with Crippen molar-refractivity contribution in [3.63, 3.8) is 0 Å². The molecule has 0 radical (unpaired) electrons. The summed E-state index contributed by atoms with van der Waals surface area (Å²) in [5, 5.41) is 5.91. The van der Waals surface area contributed by atoms with Gasteiger partial charge in [-0.3, -0.25) is 4.79 Å². The van der Waals surface area contributed by atoms with Crippen LogP contribution < -0.4 is 20.3 Å². The molecule has 1 aliphatic rings. The van der Waals surface area contributed by atoms with E-state index in [0.29, 0.717) is 54.0 Å². The molecule has 0 unspecified atom stereocenters. The fraction of sp³-hybridized carbons (Fsp3) is 0.286. The molecule has 1 aliphatic heterocycles. The van der Waals surface area contributed by atoms with Crippen LogP contribution >= 0.6 is 11.6 Å². The van der Waals surface area contributed by atoms with Gasteiger partial charge in [-0.2, -0.15) is 0 Å². The standard InChI is InChI=1S/C28H28ClF3N4O5S/c1-19(33-10-15-42(38,39)24-8-4-22(29)5-9-24)27(37)34-18-20-16-25(35-26(17-20)36-11-13-40-14-12-36)21-2-6-23(7-3-21)41-28(30,31)32/h2-9,16-17,33H,1,10-15,18H2,(H,34,37). The lowest BCUT2D eigenvalue weighted by Gasteiger charge is -2.28. The van der Waals surface area contributed by atoms with Crippen molar-refractivity contribution < 1.29 is 35.9 Å². The Hall–Kier alpha value is -3.81. The maximum absolute atomic E-state index is 12.7. The van der Waals surface area contributed by atoms with Crippen LogP contribution in [0.15, 0.2) is 77.8 Å². The lowest BCUT2D eigenvalue weighted by Crippen LogP contribution is -2.37. The first-order valence-corrected chi connectivity index (χ1v) is 14.8. The number of halogens is 4. The number of anilines is 1. The number of carbonyl (C=O) groups is 1. The van der Waals surface area contributed by atoms with Crippen molar-refractivity contribution in [2.45, 2.75) is 17.8 Å². The smallest absolute Gasteiger partial charge is 0.406 e. The minimum Gasteiger partial charge on any atom is -0.406 e. The predicted molar refractivity (Wildman–Crippen MR) is 152 cm³/mol. The molecule has 0 aliphatic carbocycles. The lowest BCUT2D eigenvalue weighted by molar-refractivity contribution is -0.274. The summed E-state index contributed by atoms with van der Waals surface area (Å²) >= 11 is 5.82. The summed E-state index contributed by atoms with van der Waals surface area (Å²) in [7, 11) is -3.59. The minimum absolute atomic E-state index is 0.00996. The highest BCUT2D eigenvalue weighted by Crippen LogP contribution is 2.28. The first-order valence-electron chi connectivity index (χ1n) is 12.8. The van der Waals surface area contributed by atoms with E-state index in [1.165, 1.54) is 48.5 Å². The molecule has 0 spiro atoms. The second-order valence-corrected chi connectivity index (χ2v) is 11.8. The average Bonchev–Trinajstić information content (AvgIpc) is 2.96. The number of sulfone groups is 1. The Morgan fingerprint density at radius 3 is 2.36 bits per heavy atom. The van der Waals surface area contributed by atoms with Crippen molar-refractivity contribution in [1.29, 1.82) is 0 Å². The van der Waals surface area contributed by atoms with Crippen molar-refractivity contribution in [3.05, 3.63) is 83.5 Å². The van der Waals surface area contributed by atoms with E-state index in [9.17, 15) is 26.4 Å². The maximum Gasteiger partial charge on any atom is 0.573 e. The van der Waals surface area contributed by atoms with Gasteiger partial charge in [-0.1, -0.05) is 18.2 Å². The Bertz CT molecular complexity index is 1510. The number of pyridine rings is 1. The molecule has 1 saturated heterocycles. The summed E-state index contributed by atoms with van der Waals surface area (Å²) in [6, 6.07) is 14.7. The number of amides is 1.